The average molecular weight is 287 g/mol. The summed E-state index contributed by atoms with van der Waals surface area (Å²) < 4.78 is 0. The minimum Gasteiger partial charge on any atom is -0.478 e. The van der Waals surface area contributed by atoms with Crippen LogP contribution < -0.4 is 0 Å². The second-order valence-corrected chi connectivity index (χ2v) is 4.13. The molecule has 0 fully saturated rings. The molecule has 0 aliphatic carbocycles. The Labute approximate surface area is 101 Å². The first-order valence-corrected chi connectivity index (χ1v) is 5.76. The number of aromatic carboxylic acids is 2. The highest BCUT2D eigenvalue weighted by Gasteiger charge is 2.19. The fourth-order valence-electron chi connectivity index (χ4n) is 1.62. The van der Waals surface area contributed by atoms with Crippen LogP contribution in [0, 0.1) is 6.92 Å². The predicted octanol–water partition coefficient (Wildman–Crippen LogP) is 2.33. The van der Waals surface area contributed by atoms with Gasteiger partial charge in [-0.3, -0.25) is 0 Å². The average Bonchev–Trinajstić information content (AvgIpc) is 2.17. The van der Waals surface area contributed by atoms with Crippen LogP contribution in [0.2, 0.25) is 0 Å². The van der Waals surface area contributed by atoms with E-state index in [0.717, 1.165) is 0 Å². The van der Waals surface area contributed by atoms with E-state index in [2.05, 4.69) is 15.9 Å². The number of hydrogen-bond acceptors (Lipinski definition) is 2. The van der Waals surface area contributed by atoms with Crippen molar-refractivity contribution in [2.75, 3.05) is 5.33 Å². The molecule has 0 aliphatic heterocycles. The molecule has 0 aliphatic rings. The molecule has 0 heterocycles. The van der Waals surface area contributed by atoms with E-state index in [-0.39, 0.29) is 11.1 Å². The van der Waals surface area contributed by atoms with Gasteiger partial charge in [0.1, 0.15) is 0 Å². The third-order valence-electron chi connectivity index (χ3n) is 2.31. The maximum atomic E-state index is 11.1. The number of alkyl halides is 1. The SMILES string of the molecule is Cc1ccc(C(=O)O)c(CCBr)c1C(=O)O. The lowest BCUT2D eigenvalue weighted by Gasteiger charge is -2.11. The van der Waals surface area contributed by atoms with Crippen molar-refractivity contribution in [1.29, 1.82) is 0 Å². The third kappa shape index (κ3) is 2.41. The number of hydrogen-bond donors (Lipinski definition) is 2. The Kier molecular flexibility index (Phi) is 4.06. The Bertz CT molecular complexity index is 440. The third-order valence-corrected chi connectivity index (χ3v) is 2.71. The number of carboxylic acid groups (broad SMARTS) is 2. The molecule has 0 atom stereocenters. The summed E-state index contributed by atoms with van der Waals surface area (Å²) in [5, 5.41) is 18.6. The van der Waals surface area contributed by atoms with Gasteiger partial charge in [-0.2, -0.15) is 0 Å². The lowest BCUT2D eigenvalue weighted by Crippen LogP contribution is -2.12. The normalized spacial score (nSPS) is 10.1. The van der Waals surface area contributed by atoms with Crippen molar-refractivity contribution in [3.63, 3.8) is 0 Å². The highest BCUT2D eigenvalue weighted by atomic mass is 79.9. The zero-order chi connectivity index (χ0) is 12.3. The zero-order valence-electron chi connectivity index (χ0n) is 8.66. The fourth-order valence-corrected chi connectivity index (χ4v) is 2.01. The van der Waals surface area contributed by atoms with E-state index in [0.29, 0.717) is 22.9 Å². The van der Waals surface area contributed by atoms with Crippen molar-refractivity contribution >= 4 is 27.9 Å². The van der Waals surface area contributed by atoms with Gasteiger partial charge in [0.15, 0.2) is 0 Å². The number of carbonyl (C=O) groups is 2. The number of aryl methyl sites for hydroxylation is 1. The van der Waals surface area contributed by atoms with E-state index in [1.807, 2.05) is 0 Å². The molecular formula is C11H11BrO4. The predicted molar refractivity (Wildman–Crippen MR) is 62.6 cm³/mol. The smallest absolute Gasteiger partial charge is 0.336 e. The van der Waals surface area contributed by atoms with E-state index >= 15 is 0 Å². The van der Waals surface area contributed by atoms with E-state index in [1.54, 1.807) is 6.92 Å². The van der Waals surface area contributed by atoms with E-state index in [1.165, 1.54) is 12.1 Å². The number of rotatable bonds is 4. The van der Waals surface area contributed by atoms with Gasteiger partial charge >= 0.3 is 11.9 Å². The van der Waals surface area contributed by atoms with Crippen LogP contribution in [0.1, 0.15) is 31.8 Å². The molecular weight excluding hydrogens is 276 g/mol. The topological polar surface area (TPSA) is 74.6 Å². The lowest BCUT2D eigenvalue weighted by atomic mass is 9.95. The Morgan fingerprint density at radius 3 is 2.31 bits per heavy atom. The highest BCUT2D eigenvalue weighted by Crippen LogP contribution is 2.20. The van der Waals surface area contributed by atoms with Crippen LogP contribution in [0.3, 0.4) is 0 Å². The Morgan fingerprint density at radius 1 is 1.25 bits per heavy atom. The molecule has 0 unspecified atom stereocenters. The summed E-state index contributed by atoms with van der Waals surface area (Å²) in [5.74, 6) is -2.19. The van der Waals surface area contributed by atoms with Crippen LogP contribution >= 0.6 is 15.9 Å². The standard InChI is InChI=1S/C11H11BrO4/c1-6-2-3-8(10(13)14)7(4-5-12)9(6)11(15)16/h2-3H,4-5H2,1H3,(H,13,14)(H,15,16). The van der Waals surface area contributed by atoms with Crippen LogP contribution in [0.15, 0.2) is 12.1 Å². The van der Waals surface area contributed by atoms with Crippen LogP contribution in [0.4, 0.5) is 0 Å². The number of carboxylic acids is 2. The van der Waals surface area contributed by atoms with Gasteiger partial charge in [-0.1, -0.05) is 22.0 Å². The van der Waals surface area contributed by atoms with Gasteiger partial charge < -0.3 is 10.2 Å². The van der Waals surface area contributed by atoms with Crippen LogP contribution in [0.5, 0.6) is 0 Å². The molecule has 0 saturated heterocycles. The van der Waals surface area contributed by atoms with Crippen LogP contribution in [-0.4, -0.2) is 27.5 Å². The second kappa shape index (κ2) is 5.12. The molecule has 2 N–H and O–H groups in total. The van der Waals surface area contributed by atoms with Crippen molar-refractivity contribution in [1.82, 2.24) is 0 Å². The first-order chi connectivity index (χ1) is 7.49. The minimum absolute atomic E-state index is 0.0578. The zero-order valence-corrected chi connectivity index (χ0v) is 10.2. The van der Waals surface area contributed by atoms with Gasteiger partial charge in [-0.15, -0.1) is 0 Å². The summed E-state index contributed by atoms with van der Waals surface area (Å²) in [5.41, 5.74) is 1.10. The fraction of sp³-hybridized carbons (Fsp3) is 0.273. The van der Waals surface area contributed by atoms with Crippen molar-refractivity contribution in [2.45, 2.75) is 13.3 Å². The van der Waals surface area contributed by atoms with E-state index in [4.69, 9.17) is 10.2 Å². The van der Waals surface area contributed by atoms with Crippen molar-refractivity contribution in [3.8, 4) is 0 Å². The molecule has 86 valence electrons. The second-order valence-electron chi connectivity index (χ2n) is 3.33. The Morgan fingerprint density at radius 2 is 1.88 bits per heavy atom. The summed E-state index contributed by atoms with van der Waals surface area (Å²) in [7, 11) is 0. The van der Waals surface area contributed by atoms with Crippen LogP contribution in [-0.2, 0) is 6.42 Å². The van der Waals surface area contributed by atoms with Gasteiger partial charge in [0.05, 0.1) is 11.1 Å². The summed E-state index contributed by atoms with van der Waals surface area (Å²) in [6, 6.07) is 2.97. The molecule has 1 aromatic rings. The molecule has 0 radical (unpaired) electrons. The summed E-state index contributed by atoms with van der Waals surface area (Å²) in [6.45, 7) is 1.66. The maximum Gasteiger partial charge on any atom is 0.336 e. The molecule has 5 heteroatoms. The Balaban J connectivity index is 3.49. The first-order valence-electron chi connectivity index (χ1n) is 4.64. The first kappa shape index (κ1) is 12.7. The van der Waals surface area contributed by atoms with Crippen molar-refractivity contribution in [2.24, 2.45) is 0 Å². The van der Waals surface area contributed by atoms with Crippen molar-refractivity contribution < 1.29 is 19.8 Å². The largest absolute Gasteiger partial charge is 0.478 e. The number of halogens is 1. The molecule has 1 aromatic carbocycles. The van der Waals surface area contributed by atoms with Crippen LogP contribution in [0.25, 0.3) is 0 Å². The van der Waals surface area contributed by atoms with Gasteiger partial charge in [0.2, 0.25) is 0 Å². The highest BCUT2D eigenvalue weighted by molar-refractivity contribution is 9.09. The molecule has 0 spiro atoms. The quantitative estimate of drug-likeness (QED) is 0.833. The molecule has 0 bridgehead atoms. The van der Waals surface area contributed by atoms with E-state index in [9.17, 15) is 9.59 Å². The Hall–Kier alpha value is -1.36. The summed E-state index contributed by atoms with van der Waals surface area (Å²) in [4.78, 5) is 22.1. The lowest BCUT2D eigenvalue weighted by molar-refractivity contribution is 0.0695. The molecule has 16 heavy (non-hydrogen) atoms. The molecule has 0 amide bonds. The van der Waals surface area contributed by atoms with Gasteiger partial charge in [-0.25, -0.2) is 9.59 Å². The van der Waals surface area contributed by atoms with Gasteiger partial charge in [-0.05, 0) is 30.5 Å². The summed E-state index contributed by atoms with van der Waals surface area (Å²) >= 11 is 3.19. The maximum absolute atomic E-state index is 11.1. The minimum atomic E-state index is -1.10. The van der Waals surface area contributed by atoms with Gasteiger partial charge in [0.25, 0.3) is 0 Å². The van der Waals surface area contributed by atoms with Gasteiger partial charge in [0, 0.05) is 5.33 Å². The number of benzene rings is 1. The molecule has 4 nitrogen and oxygen atoms in total. The molecule has 0 aromatic heterocycles. The molecule has 0 saturated carbocycles. The van der Waals surface area contributed by atoms with Crippen molar-refractivity contribution in [3.05, 3.63) is 34.4 Å². The summed E-state index contributed by atoms with van der Waals surface area (Å²) in [6.07, 6.45) is 0.380. The molecule has 1 rings (SSSR count). The van der Waals surface area contributed by atoms with E-state index < -0.39 is 11.9 Å². The monoisotopic (exact) mass is 286 g/mol.